The van der Waals surface area contributed by atoms with Crippen molar-refractivity contribution in [3.05, 3.63) is 59.4 Å². The van der Waals surface area contributed by atoms with Gasteiger partial charge >= 0.3 is 0 Å². The first-order chi connectivity index (χ1) is 14.1. The number of carbonyl (C=O) groups is 2. The number of rotatable bonds is 5. The second kappa shape index (κ2) is 7.95. The summed E-state index contributed by atoms with van der Waals surface area (Å²) in [6, 6.07) is 13.4. The van der Waals surface area contributed by atoms with Crippen LogP contribution in [0.4, 0.5) is 0 Å². The van der Waals surface area contributed by atoms with E-state index >= 15 is 0 Å². The van der Waals surface area contributed by atoms with Crippen molar-refractivity contribution in [2.24, 2.45) is 5.73 Å². The Morgan fingerprint density at radius 3 is 2.66 bits per heavy atom. The summed E-state index contributed by atoms with van der Waals surface area (Å²) in [5.41, 5.74) is 7.05. The SMILES string of the molecule is CCOc1ccc2ccccc2c1C(=O)N1CCC(c2cc(C(N)=O)n[nH]2)CC1. The number of H-pyrrole nitrogens is 1. The lowest BCUT2D eigenvalue weighted by atomic mass is 9.92. The molecule has 2 amide bonds. The Hall–Kier alpha value is -3.35. The third kappa shape index (κ3) is 3.68. The number of hydrogen-bond acceptors (Lipinski definition) is 4. The summed E-state index contributed by atoms with van der Waals surface area (Å²) in [7, 11) is 0. The highest BCUT2D eigenvalue weighted by atomic mass is 16.5. The maximum Gasteiger partial charge on any atom is 0.269 e. The molecule has 7 heteroatoms. The fraction of sp³-hybridized carbons (Fsp3) is 0.318. The predicted octanol–water partition coefficient (Wildman–Crippen LogP) is 3.08. The maximum atomic E-state index is 13.4. The lowest BCUT2D eigenvalue weighted by Gasteiger charge is -2.32. The zero-order chi connectivity index (χ0) is 20.4. The van der Waals surface area contributed by atoms with Gasteiger partial charge in [-0.1, -0.05) is 30.3 Å². The van der Waals surface area contributed by atoms with Gasteiger partial charge in [0.05, 0.1) is 12.2 Å². The Labute approximate surface area is 168 Å². The van der Waals surface area contributed by atoms with Crippen molar-refractivity contribution < 1.29 is 14.3 Å². The van der Waals surface area contributed by atoms with E-state index < -0.39 is 5.91 Å². The minimum atomic E-state index is -0.542. The highest BCUT2D eigenvalue weighted by molar-refractivity contribution is 6.09. The molecule has 0 radical (unpaired) electrons. The van der Waals surface area contributed by atoms with Gasteiger partial charge in [0, 0.05) is 24.7 Å². The van der Waals surface area contributed by atoms with Gasteiger partial charge in [-0.05, 0) is 42.7 Å². The van der Waals surface area contributed by atoms with E-state index in [0.29, 0.717) is 31.0 Å². The van der Waals surface area contributed by atoms with Gasteiger partial charge in [-0.3, -0.25) is 14.7 Å². The first-order valence-electron chi connectivity index (χ1n) is 9.87. The summed E-state index contributed by atoms with van der Waals surface area (Å²) in [6.45, 7) is 3.68. The molecule has 29 heavy (non-hydrogen) atoms. The Morgan fingerprint density at radius 1 is 1.21 bits per heavy atom. The van der Waals surface area contributed by atoms with E-state index in [1.165, 1.54) is 0 Å². The fourth-order valence-corrected chi connectivity index (χ4v) is 3.97. The monoisotopic (exact) mass is 392 g/mol. The normalized spacial score (nSPS) is 14.9. The third-order valence-corrected chi connectivity index (χ3v) is 5.48. The largest absolute Gasteiger partial charge is 0.493 e. The standard InChI is InChI=1S/C22H24N4O3/c1-2-29-19-8-7-14-5-3-4-6-16(14)20(19)22(28)26-11-9-15(10-12-26)17-13-18(21(23)27)25-24-17/h3-8,13,15H,2,9-12H2,1H3,(H2,23,27)(H,24,25). The zero-order valence-corrected chi connectivity index (χ0v) is 16.4. The number of carbonyl (C=O) groups excluding carboxylic acids is 2. The molecule has 2 aromatic carbocycles. The fourth-order valence-electron chi connectivity index (χ4n) is 3.97. The number of ether oxygens (including phenoxy) is 1. The number of amides is 2. The Bertz CT molecular complexity index is 1050. The van der Waals surface area contributed by atoms with Crippen LogP contribution in [0.25, 0.3) is 10.8 Å². The topological polar surface area (TPSA) is 101 Å². The Balaban J connectivity index is 1.55. The molecule has 1 saturated heterocycles. The van der Waals surface area contributed by atoms with Crippen molar-refractivity contribution >= 4 is 22.6 Å². The van der Waals surface area contributed by atoms with Gasteiger partial charge < -0.3 is 15.4 Å². The number of nitrogens with one attached hydrogen (secondary N) is 1. The lowest BCUT2D eigenvalue weighted by molar-refractivity contribution is 0.0710. The molecule has 7 nitrogen and oxygen atoms in total. The van der Waals surface area contributed by atoms with Crippen LogP contribution < -0.4 is 10.5 Å². The van der Waals surface area contributed by atoms with Gasteiger partial charge in [0.1, 0.15) is 11.4 Å². The van der Waals surface area contributed by atoms with Crippen molar-refractivity contribution in [2.45, 2.75) is 25.7 Å². The molecule has 1 aliphatic heterocycles. The minimum Gasteiger partial charge on any atom is -0.493 e. The van der Waals surface area contributed by atoms with Crippen LogP contribution in [0.1, 0.15) is 52.2 Å². The number of nitrogens with zero attached hydrogens (tertiary/aromatic N) is 2. The van der Waals surface area contributed by atoms with Crippen LogP contribution in [0.15, 0.2) is 42.5 Å². The van der Waals surface area contributed by atoms with E-state index in [1.54, 1.807) is 6.07 Å². The second-order valence-electron chi connectivity index (χ2n) is 7.23. The Morgan fingerprint density at radius 2 is 1.97 bits per heavy atom. The average molecular weight is 392 g/mol. The predicted molar refractivity (Wildman–Crippen MR) is 110 cm³/mol. The molecule has 150 valence electrons. The van der Waals surface area contributed by atoms with Crippen LogP contribution in [-0.4, -0.2) is 46.6 Å². The van der Waals surface area contributed by atoms with E-state index in [2.05, 4.69) is 10.2 Å². The van der Waals surface area contributed by atoms with Crippen molar-refractivity contribution in [2.75, 3.05) is 19.7 Å². The molecule has 1 aliphatic rings. The summed E-state index contributed by atoms with van der Waals surface area (Å²) in [5, 5.41) is 8.80. The van der Waals surface area contributed by atoms with E-state index in [-0.39, 0.29) is 17.5 Å². The van der Waals surface area contributed by atoms with E-state index in [4.69, 9.17) is 10.5 Å². The van der Waals surface area contributed by atoms with Gasteiger partial charge in [0.2, 0.25) is 0 Å². The molecule has 0 bridgehead atoms. The third-order valence-electron chi connectivity index (χ3n) is 5.48. The smallest absolute Gasteiger partial charge is 0.269 e. The molecule has 0 unspecified atom stereocenters. The van der Waals surface area contributed by atoms with E-state index in [0.717, 1.165) is 29.3 Å². The quantitative estimate of drug-likeness (QED) is 0.697. The lowest BCUT2D eigenvalue weighted by Crippen LogP contribution is -2.38. The maximum absolute atomic E-state index is 13.4. The number of aromatic nitrogens is 2. The van der Waals surface area contributed by atoms with Crippen LogP contribution in [0.5, 0.6) is 5.75 Å². The van der Waals surface area contributed by atoms with E-state index in [1.807, 2.05) is 48.2 Å². The molecule has 0 spiro atoms. The molecule has 4 rings (SSSR count). The van der Waals surface area contributed by atoms with E-state index in [9.17, 15) is 9.59 Å². The zero-order valence-electron chi connectivity index (χ0n) is 16.4. The minimum absolute atomic E-state index is 0.00821. The number of piperidine rings is 1. The van der Waals surface area contributed by atoms with Crippen molar-refractivity contribution in [1.82, 2.24) is 15.1 Å². The molecule has 1 fully saturated rings. The average Bonchev–Trinajstić information content (AvgIpc) is 3.24. The second-order valence-corrected chi connectivity index (χ2v) is 7.23. The van der Waals surface area contributed by atoms with Crippen LogP contribution in [0.3, 0.4) is 0 Å². The number of hydrogen-bond donors (Lipinski definition) is 2. The first-order valence-corrected chi connectivity index (χ1v) is 9.87. The molecular weight excluding hydrogens is 368 g/mol. The highest BCUT2D eigenvalue weighted by Crippen LogP contribution is 2.32. The summed E-state index contributed by atoms with van der Waals surface area (Å²) >= 11 is 0. The summed E-state index contributed by atoms with van der Waals surface area (Å²) in [6.07, 6.45) is 1.59. The summed E-state index contributed by atoms with van der Waals surface area (Å²) in [5.74, 6) is 0.294. The molecule has 3 N–H and O–H groups in total. The van der Waals surface area contributed by atoms with Gasteiger partial charge in [-0.25, -0.2) is 0 Å². The van der Waals surface area contributed by atoms with Gasteiger partial charge in [-0.2, -0.15) is 5.10 Å². The number of aromatic amines is 1. The number of fused-ring (bicyclic) bond motifs is 1. The van der Waals surface area contributed by atoms with Crippen molar-refractivity contribution in [1.29, 1.82) is 0 Å². The molecule has 0 atom stereocenters. The highest BCUT2D eigenvalue weighted by Gasteiger charge is 2.28. The van der Waals surface area contributed by atoms with Crippen LogP contribution in [0.2, 0.25) is 0 Å². The van der Waals surface area contributed by atoms with Crippen LogP contribution in [-0.2, 0) is 0 Å². The van der Waals surface area contributed by atoms with Crippen molar-refractivity contribution in [3.63, 3.8) is 0 Å². The number of primary amides is 1. The molecule has 0 aliphatic carbocycles. The number of nitrogens with two attached hydrogens (primary N) is 1. The Kier molecular flexibility index (Phi) is 5.20. The molecule has 0 saturated carbocycles. The van der Waals surface area contributed by atoms with Gasteiger partial charge in [0.15, 0.2) is 0 Å². The van der Waals surface area contributed by atoms with Gasteiger partial charge in [-0.15, -0.1) is 0 Å². The van der Waals surface area contributed by atoms with Gasteiger partial charge in [0.25, 0.3) is 11.8 Å². The van der Waals surface area contributed by atoms with Crippen LogP contribution in [0, 0.1) is 0 Å². The number of benzene rings is 2. The number of likely N-dealkylation sites (tertiary alicyclic amines) is 1. The molecule has 1 aromatic heterocycles. The van der Waals surface area contributed by atoms with Crippen LogP contribution >= 0.6 is 0 Å². The first kappa shape index (κ1) is 19.0. The molecule has 3 aromatic rings. The summed E-state index contributed by atoms with van der Waals surface area (Å²) < 4.78 is 5.77. The van der Waals surface area contributed by atoms with Crippen molar-refractivity contribution in [3.8, 4) is 5.75 Å². The molecular formula is C22H24N4O3. The molecule has 2 heterocycles. The summed E-state index contributed by atoms with van der Waals surface area (Å²) in [4.78, 5) is 26.6.